The summed E-state index contributed by atoms with van der Waals surface area (Å²) in [5, 5.41) is 3.38. The first-order valence-electron chi connectivity index (χ1n) is 7.54. The van der Waals surface area contributed by atoms with Crippen molar-refractivity contribution in [1.82, 2.24) is 20.2 Å². The monoisotopic (exact) mass is 286 g/mol. The first-order chi connectivity index (χ1) is 10.1. The van der Waals surface area contributed by atoms with E-state index >= 15 is 0 Å². The van der Waals surface area contributed by atoms with Gasteiger partial charge in [0.2, 0.25) is 0 Å². The number of imidazole rings is 1. The molecular weight excluding hydrogens is 264 g/mol. The molecule has 2 aromatic rings. The Balaban J connectivity index is 1.91. The van der Waals surface area contributed by atoms with Crippen molar-refractivity contribution in [3.05, 3.63) is 29.6 Å². The zero-order valence-electron chi connectivity index (χ0n) is 12.8. The van der Waals surface area contributed by atoms with Gasteiger partial charge in [-0.2, -0.15) is 0 Å². The molecule has 21 heavy (non-hydrogen) atoms. The number of fused-ring (bicyclic) bond motifs is 1. The highest BCUT2D eigenvalue weighted by Gasteiger charge is 2.29. The van der Waals surface area contributed by atoms with E-state index in [1.165, 1.54) is 0 Å². The van der Waals surface area contributed by atoms with Crippen molar-refractivity contribution in [2.24, 2.45) is 5.92 Å². The van der Waals surface area contributed by atoms with Gasteiger partial charge in [0.25, 0.3) is 5.91 Å². The van der Waals surface area contributed by atoms with Crippen LogP contribution in [-0.2, 0) is 0 Å². The lowest BCUT2D eigenvalue weighted by atomic mass is 9.99. The van der Waals surface area contributed by atoms with Gasteiger partial charge in [0.05, 0.1) is 11.0 Å². The highest BCUT2D eigenvalue weighted by atomic mass is 16.2. The minimum Gasteiger partial charge on any atom is -0.342 e. The number of H-pyrrole nitrogens is 1. The van der Waals surface area contributed by atoms with Crippen LogP contribution in [0.1, 0.15) is 30.0 Å². The lowest BCUT2D eigenvalue weighted by Crippen LogP contribution is -2.55. The summed E-state index contributed by atoms with van der Waals surface area (Å²) < 4.78 is 0. The van der Waals surface area contributed by atoms with Crippen molar-refractivity contribution in [2.75, 3.05) is 19.6 Å². The fourth-order valence-electron chi connectivity index (χ4n) is 3.01. The zero-order chi connectivity index (χ0) is 15.0. The van der Waals surface area contributed by atoms with E-state index in [1.54, 1.807) is 0 Å². The number of rotatable bonds is 2. The Morgan fingerprint density at radius 2 is 2.24 bits per heavy atom. The standard InChI is InChI=1S/C16H22N4O/c1-10(2)15-9-17-6-7-20(15)16(21)12-4-5-13-14(8-12)19-11(3)18-13/h4-5,8,10,15,17H,6-7,9H2,1-3H3,(H,18,19)/t15-/m1/s1. The average molecular weight is 286 g/mol. The van der Waals surface area contributed by atoms with E-state index < -0.39 is 0 Å². The van der Waals surface area contributed by atoms with Crippen LogP contribution in [-0.4, -0.2) is 46.5 Å². The molecular formula is C16H22N4O. The Kier molecular flexibility index (Phi) is 3.68. The van der Waals surface area contributed by atoms with Crippen molar-refractivity contribution in [3.8, 4) is 0 Å². The van der Waals surface area contributed by atoms with E-state index in [9.17, 15) is 4.79 Å². The van der Waals surface area contributed by atoms with Gasteiger partial charge in [-0.3, -0.25) is 4.79 Å². The minimum atomic E-state index is 0.115. The second-order valence-corrected chi connectivity index (χ2v) is 6.07. The van der Waals surface area contributed by atoms with Gasteiger partial charge < -0.3 is 15.2 Å². The van der Waals surface area contributed by atoms with Crippen molar-refractivity contribution < 1.29 is 4.79 Å². The number of piperazine rings is 1. The molecule has 1 amide bonds. The number of amides is 1. The normalized spacial score (nSPS) is 19.4. The van der Waals surface area contributed by atoms with Gasteiger partial charge in [-0.05, 0) is 31.0 Å². The molecule has 1 aliphatic heterocycles. The van der Waals surface area contributed by atoms with Crippen molar-refractivity contribution >= 4 is 16.9 Å². The maximum absolute atomic E-state index is 12.8. The van der Waals surface area contributed by atoms with Crippen LogP contribution in [0, 0.1) is 12.8 Å². The molecule has 1 aromatic heterocycles. The number of hydrogen-bond acceptors (Lipinski definition) is 3. The molecule has 112 valence electrons. The van der Waals surface area contributed by atoms with Crippen LogP contribution in [0.4, 0.5) is 0 Å². The molecule has 1 saturated heterocycles. The number of carbonyl (C=O) groups is 1. The highest BCUT2D eigenvalue weighted by molar-refractivity contribution is 5.97. The van der Waals surface area contributed by atoms with Gasteiger partial charge in [-0.1, -0.05) is 13.8 Å². The summed E-state index contributed by atoms with van der Waals surface area (Å²) in [4.78, 5) is 22.4. The SMILES string of the molecule is Cc1nc2ccc(C(=O)N3CCNC[C@@H]3C(C)C)cc2[nH]1. The second kappa shape index (κ2) is 5.48. The summed E-state index contributed by atoms with van der Waals surface area (Å²) in [6.07, 6.45) is 0. The topological polar surface area (TPSA) is 61.0 Å². The van der Waals surface area contributed by atoms with Gasteiger partial charge >= 0.3 is 0 Å². The lowest BCUT2D eigenvalue weighted by molar-refractivity contribution is 0.0573. The zero-order valence-corrected chi connectivity index (χ0v) is 12.8. The minimum absolute atomic E-state index is 0.115. The Morgan fingerprint density at radius 3 is 3.00 bits per heavy atom. The number of aromatic amines is 1. The van der Waals surface area contributed by atoms with Crippen molar-refractivity contribution in [3.63, 3.8) is 0 Å². The molecule has 1 aliphatic rings. The number of nitrogens with one attached hydrogen (secondary N) is 2. The van der Waals surface area contributed by atoms with Crippen LogP contribution in [0.5, 0.6) is 0 Å². The fraction of sp³-hybridized carbons (Fsp3) is 0.500. The number of carbonyl (C=O) groups excluding carboxylic acids is 1. The number of aryl methyl sites for hydroxylation is 1. The molecule has 0 aliphatic carbocycles. The number of benzene rings is 1. The van der Waals surface area contributed by atoms with E-state index in [-0.39, 0.29) is 11.9 Å². The third-order valence-corrected chi connectivity index (χ3v) is 4.16. The van der Waals surface area contributed by atoms with Crippen LogP contribution in [0.2, 0.25) is 0 Å². The molecule has 2 N–H and O–H groups in total. The molecule has 0 spiro atoms. The van der Waals surface area contributed by atoms with Gasteiger partial charge in [-0.25, -0.2) is 4.98 Å². The van der Waals surface area contributed by atoms with Crippen molar-refractivity contribution in [1.29, 1.82) is 0 Å². The Hall–Kier alpha value is -1.88. The van der Waals surface area contributed by atoms with Gasteiger partial charge in [0.15, 0.2) is 0 Å². The third-order valence-electron chi connectivity index (χ3n) is 4.16. The smallest absolute Gasteiger partial charge is 0.254 e. The predicted octanol–water partition coefficient (Wildman–Crippen LogP) is 1.94. The molecule has 1 atom stereocenters. The molecule has 0 radical (unpaired) electrons. The maximum Gasteiger partial charge on any atom is 0.254 e. The quantitative estimate of drug-likeness (QED) is 0.887. The molecule has 3 rings (SSSR count). The van der Waals surface area contributed by atoms with Crippen LogP contribution in [0.15, 0.2) is 18.2 Å². The van der Waals surface area contributed by atoms with E-state index in [2.05, 4.69) is 29.1 Å². The molecule has 0 saturated carbocycles. The number of nitrogens with zero attached hydrogens (tertiary/aromatic N) is 2. The van der Waals surface area contributed by atoms with Crippen molar-refractivity contribution in [2.45, 2.75) is 26.8 Å². The summed E-state index contributed by atoms with van der Waals surface area (Å²) in [5.74, 6) is 1.43. The van der Waals surface area contributed by atoms with Crippen LogP contribution >= 0.6 is 0 Å². The first-order valence-corrected chi connectivity index (χ1v) is 7.54. The van der Waals surface area contributed by atoms with E-state index in [0.29, 0.717) is 5.92 Å². The summed E-state index contributed by atoms with van der Waals surface area (Å²) in [7, 11) is 0. The maximum atomic E-state index is 12.8. The molecule has 5 heteroatoms. The Morgan fingerprint density at radius 1 is 1.43 bits per heavy atom. The molecule has 1 fully saturated rings. The van der Waals surface area contributed by atoms with Gasteiger partial charge in [0.1, 0.15) is 5.82 Å². The lowest BCUT2D eigenvalue weighted by Gasteiger charge is -2.38. The van der Waals surface area contributed by atoms with E-state index in [1.807, 2.05) is 30.0 Å². The van der Waals surface area contributed by atoms with E-state index in [0.717, 1.165) is 42.1 Å². The summed E-state index contributed by atoms with van der Waals surface area (Å²) >= 11 is 0. The molecule has 0 bridgehead atoms. The van der Waals surface area contributed by atoms with Gasteiger partial charge in [-0.15, -0.1) is 0 Å². The third kappa shape index (κ3) is 2.65. The molecule has 0 unspecified atom stereocenters. The van der Waals surface area contributed by atoms with Gasteiger partial charge in [0, 0.05) is 31.2 Å². The number of aromatic nitrogens is 2. The largest absolute Gasteiger partial charge is 0.342 e. The highest BCUT2D eigenvalue weighted by Crippen LogP contribution is 2.19. The number of hydrogen-bond donors (Lipinski definition) is 2. The van der Waals surface area contributed by atoms with E-state index in [4.69, 9.17) is 0 Å². The second-order valence-electron chi connectivity index (χ2n) is 6.07. The van der Waals surface area contributed by atoms with Crippen LogP contribution in [0.3, 0.4) is 0 Å². The summed E-state index contributed by atoms with van der Waals surface area (Å²) in [6.45, 7) is 8.75. The Labute approximate surface area is 124 Å². The average Bonchev–Trinajstić information content (AvgIpc) is 2.85. The first kappa shape index (κ1) is 14.1. The molecule has 5 nitrogen and oxygen atoms in total. The Bertz CT molecular complexity index is 661. The van der Waals surface area contributed by atoms with Crippen LogP contribution < -0.4 is 5.32 Å². The summed E-state index contributed by atoms with van der Waals surface area (Å²) in [5.41, 5.74) is 2.57. The fourth-order valence-corrected chi connectivity index (χ4v) is 3.01. The molecule has 2 heterocycles. The van der Waals surface area contributed by atoms with Crippen LogP contribution in [0.25, 0.3) is 11.0 Å². The molecule has 1 aromatic carbocycles. The predicted molar refractivity (Wildman–Crippen MR) is 83.4 cm³/mol. The summed E-state index contributed by atoms with van der Waals surface area (Å²) in [6, 6.07) is 5.96.